The van der Waals surface area contributed by atoms with Gasteiger partial charge in [0.25, 0.3) is 0 Å². The summed E-state index contributed by atoms with van der Waals surface area (Å²) >= 11 is 3.41. The highest BCUT2D eigenvalue weighted by Gasteiger charge is 2.16. The normalized spacial score (nSPS) is 10.7. The van der Waals surface area contributed by atoms with Crippen molar-refractivity contribution in [2.45, 2.75) is 6.54 Å². The first-order valence-electron chi connectivity index (χ1n) is 9.55. The fourth-order valence-electron chi connectivity index (χ4n) is 3.42. The van der Waals surface area contributed by atoms with E-state index in [-0.39, 0.29) is 0 Å². The lowest BCUT2D eigenvalue weighted by atomic mass is 10.2. The zero-order chi connectivity index (χ0) is 21.8. The second-order valence-corrected chi connectivity index (χ2v) is 7.71. The number of urea groups is 1. The number of hydrogen-bond acceptors (Lipinski definition) is 4. The van der Waals surface area contributed by atoms with E-state index in [0.717, 1.165) is 20.9 Å². The number of fused-ring (bicyclic) bond motifs is 1. The molecular formula is C23H21BrN4O3. The Balaban J connectivity index is 1.63. The summed E-state index contributed by atoms with van der Waals surface area (Å²) in [6.45, 7) is 0.694. The first kappa shape index (κ1) is 20.7. The lowest BCUT2D eigenvalue weighted by Gasteiger charge is -2.15. The SMILES string of the molecule is COc1ccc(Br)cc1NC(=O)Nc1c(OC)ccc2c1ccn2Cc1ccncc1. The number of benzene rings is 2. The van der Waals surface area contributed by atoms with E-state index in [1.807, 2.05) is 42.6 Å². The van der Waals surface area contributed by atoms with Crippen LogP contribution in [0.5, 0.6) is 11.5 Å². The molecule has 0 unspecified atom stereocenters. The Labute approximate surface area is 188 Å². The van der Waals surface area contributed by atoms with Crippen molar-refractivity contribution in [3.8, 4) is 11.5 Å². The van der Waals surface area contributed by atoms with Crippen molar-refractivity contribution in [3.05, 3.63) is 77.2 Å². The molecule has 4 aromatic rings. The molecule has 0 atom stereocenters. The Morgan fingerprint density at radius 3 is 2.48 bits per heavy atom. The molecule has 0 saturated carbocycles. The Bertz CT molecular complexity index is 1220. The molecule has 0 aliphatic rings. The van der Waals surface area contributed by atoms with Crippen molar-refractivity contribution in [1.82, 2.24) is 9.55 Å². The van der Waals surface area contributed by atoms with E-state index >= 15 is 0 Å². The van der Waals surface area contributed by atoms with E-state index in [4.69, 9.17) is 9.47 Å². The van der Waals surface area contributed by atoms with Gasteiger partial charge in [0.1, 0.15) is 11.5 Å². The van der Waals surface area contributed by atoms with Gasteiger partial charge in [-0.2, -0.15) is 0 Å². The Morgan fingerprint density at radius 1 is 1.00 bits per heavy atom. The molecular weight excluding hydrogens is 460 g/mol. The van der Waals surface area contributed by atoms with E-state index in [2.05, 4.69) is 36.1 Å². The van der Waals surface area contributed by atoms with Crippen molar-refractivity contribution in [2.75, 3.05) is 24.9 Å². The van der Waals surface area contributed by atoms with Crippen LogP contribution in [0.1, 0.15) is 5.56 Å². The lowest BCUT2D eigenvalue weighted by Crippen LogP contribution is -2.20. The monoisotopic (exact) mass is 480 g/mol. The van der Waals surface area contributed by atoms with Crippen LogP contribution in [0.3, 0.4) is 0 Å². The van der Waals surface area contributed by atoms with Gasteiger partial charge in [-0.05, 0) is 54.1 Å². The highest BCUT2D eigenvalue weighted by Crippen LogP contribution is 2.35. The van der Waals surface area contributed by atoms with E-state index in [0.29, 0.717) is 29.4 Å². The maximum Gasteiger partial charge on any atom is 0.323 e. The van der Waals surface area contributed by atoms with Crippen LogP contribution < -0.4 is 20.1 Å². The number of halogens is 1. The number of carbonyl (C=O) groups is 1. The molecule has 31 heavy (non-hydrogen) atoms. The molecule has 7 nitrogen and oxygen atoms in total. The average Bonchev–Trinajstić information content (AvgIpc) is 3.18. The molecule has 0 aliphatic carbocycles. The number of pyridine rings is 1. The summed E-state index contributed by atoms with van der Waals surface area (Å²) < 4.78 is 13.8. The van der Waals surface area contributed by atoms with E-state index in [9.17, 15) is 4.79 Å². The largest absolute Gasteiger partial charge is 0.495 e. The van der Waals surface area contributed by atoms with Crippen molar-refractivity contribution in [3.63, 3.8) is 0 Å². The summed E-state index contributed by atoms with van der Waals surface area (Å²) in [7, 11) is 3.14. The minimum Gasteiger partial charge on any atom is -0.495 e. The number of methoxy groups -OCH3 is 2. The third-order valence-corrected chi connectivity index (χ3v) is 5.38. The van der Waals surface area contributed by atoms with E-state index < -0.39 is 6.03 Å². The van der Waals surface area contributed by atoms with Crippen LogP contribution >= 0.6 is 15.9 Å². The quantitative estimate of drug-likeness (QED) is 0.381. The molecule has 2 aromatic heterocycles. The number of nitrogens with zero attached hydrogens (tertiary/aromatic N) is 2. The molecule has 0 bridgehead atoms. The summed E-state index contributed by atoms with van der Waals surface area (Å²) in [6.07, 6.45) is 5.54. The Morgan fingerprint density at radius 2 is 1.74 bits per heavy atom. The third kappa shape index (κ3) is 4.49. The van der Waals surface area contributed by atoms with Gasteiger partial charge in [-0.15, -0.1) is 0 Å². The molecule has 0 saturated heterocycles. The third-order valence-electron chi connectivity index (χ3n) is 4.89. The predicted molar refractivity (Wildman–Crippen MR) is 125 cm³/mol. The van der Waals surface area contributed by atoms with Gasteiger partial charge >= 0.3 is 6.03 Å². The zero-order valence-electron chi connectivity index (χ0n) is 17.1. The van der Waals surface area contributed by atoms with E-state index in [1.165, 1.54) is 0 Å². The smallest absolute Gasteiger partial charge is 0.323 e. The zero-order valence-corrected chi connectivity index (χ0v) is 18.6. The molecule has 0 radical (unpaired) electrons. The number of hydrogen-bond donors (Lipinski definition) is 2. The Hall–Kier alpha value is -3.52. The van der Waals surface area contributed by atoms with Crippen LogP contribution in [0.25, 0.3) is 10.9 Å². The summed E-state index contributed by atoms with van der Waals surface area (Å²) in [5, 5.41) is 6.65. The van der Waals surface area contributed by atoms with E-state index in [1.54, 1.807) is 38.7 Å². The number of carbonyl (C=O) groups excluding carboxylic acids is 1. The summed E-state index contributed by atoms with van der Waals surface area (Å²) in [5.74, 6) is 1.14. The molecule has 0 spiro atoms. The van der Waals surface area contributed by atoms with Gasteiger partial charge in [0.05, 0.1) is 31.1 Å². The Kier molecular flexibility index (Phi) is 6.08. The minimum atomic E-state index is -0.399. The summed E-state index contributed by atoms with van der Waals surface area (Å²) in [4.78, 5) is 16.9. The second kappa shape index (κ2) is 9.09. The molecule has 2 heterocycles. The average molecular weight is 481 g/mol. The van der Waals surface area contributed by atoms with Crippen molar-refractivity contribution >= 4 is 44.2 Å². The molecule has 2 amide bonds. The first-order chi connectivity index (χ1) is 15.1. The molecule has 0 fully saturated rings. The fourth-order valence-corrected chi connectivity index (χ4v) is 3.78. The van der Waals surface area contributed by atoms with Crippen LogP contribution in [-0.4, -0.2) is 29.8 Å². The molecule has 8 heteroatoms. The van der Waals surface area contributed by atoms with Crippen molar-refractivity contribution < 1.29 is 14.3 Å². The van der Waals surface area contributed by atoms with Crippen LogP contribution in [-0.2, 0) is 6.54 Å². The van der Waals surface area contributed by atoms with Gasteiger partial charge in [0.15, 0.2) is 0 Å². The maximum absolute atomic E-state index is 12.8. The highest BCUT2D eigenvalue weighted by atomic mass is 79.9. The second-order valence-electron chi connectivity index (χ2n) is 6.80. The molecule has 2 N–H and O–H groups in total. The fraction of sp³-hybridized carbons (Fsp3) is 0.130. The van der Waals surface area contributed by atoms with Crippen molar-refractivity contribution in [2.24, 2.45) is 0 Å². The molecule has 0 aliphatic heterocycles. The van der Waals surface area contributed by atoms with Gasteiger partial charge in [-0.3, -0.25) is 4.98 Å². The van der Waals surface area contributed by atoms with Crippen LogP contribution in [0.4, 0.5) is 16.2 Å². The minimum absolute atomic E-state index is 0.399. The van der Waals surface area contributed by atoms with Crippen molar-refractivity contribution in [1.29, 1.82) is 0 Å². The number of rotatable bonds is 6. The molecule has 2 aromatic carbocycles. The maximum atomic E-state index is 12.8. The van der Waals surface area contributed by atoms with Crippen LogP contribution in [0.2, 0.25) is 0 Å². The van der Waals surface area contributed by atoms with Crippen LogP contribution in [0.15, 0.2) is 71.6 Å². The van der Waals surface area contributed by atoms with Gasteiger partial charge in [-0.1, -0.05) is 15.9 Å². The number of amides is 2. The van der Waals surface area contributed by atoms with Crippen LogP contribution in [0, 0.1) is 0 Å². The van der Waals surface area contributed by atoms with Gasteiger partial charge < -0.3 is 24.7 Å². The standard InChI is InChI=1S/C23H21BrN4O3/c1-30-20-5-3-16(24)13-18(20)26-23(29)27-22-17-9-12-28(14-15-7-10-25-11-8-15)19(17)4-6-21(22)31-2/h3-13H,14H2,1-2H3,(H2,26,27,29). The first-order valence-corrected chi connectivity index (χ1v) is 10.3. The summed E-state index contributed by atoms with van der Waals surface area (Å²) in [5.41, 5.74) is 3.26. The number of nitrogens with one attached hydrogen (secondary N) is 2. The summed E-state index contributed by atoms with van der Waals surface area (Å²) in [6, 6.07) is 14.8. The molecule has 158 valence electrons. The van der Waals surface area contributed by atoms with Gasteiger partial charge in [0.2, 0.25) is 0 Å². The molecule has 4 rings (SSSR count). The predicted octanol–water partition coefficient (Wildman–Crippen LogP) is 5.51. The lowest BCUT2D eigenvalue weighted by molar-refractivity contribution is 0.262. The number of ether oxygens (including phenoxy) is 2. The van der Waals surface area contributed by atoms with Gasteiger partial charge in [0, 0.05) is 35.0 Å². The number of aromatic nitrogens is 2. The van der Waals surface area contributed by atoms with Gasteiger partial charge in [-0.25, -0.2) is 4.79 Å². The number of anilines is 2. The topological polar surface area (TPSA) is 77.4 Å². The highest BCUT2D eigenvalue weighted by molar-refractivity contribution is 9.10.